The molecule has 1 aliphatic heterocycles. The van der Waals surface area contributed by atoms with Crippen LogP contribution in [0.1, 0.15) is 24.8 Å². The van der Waals surface area contributed by atoms with Crippen molar-refractivity contribution in [3.05, 3.63) is 54.0 Å². The molecule has 2 aromatic heterocycles. The smallest absolute Gasteiger partial charge is 0.318 e. The number of ether oxygens (including phenoxy) is 1. The van der Waals surface area contributed by atoms with Crippen molar-refractivity contribution in [1.82, 2.24) is 15.0 Å². The summed E-state index contributed by atoms with van der Waals surface area (Å²) in [6, 6.07) is 12.2. The molecule has 162 valence electrons. The molecule has 3 heterocycles. The highest BCUT2D eigenvalue weighted by atomic mass is 19.1. The Bertz CT molecular complexity index is 1340. The van der Waals surface area contributed by atoms with Gasteiger partial charge in [0.1, 0.15) is 17.0 Å². The third-order valence-electron chi connectivity index (χ3n) is 7.10. The van der Waals surface area contributed by atoms with Crippen LogP contribution in [0.5, 0.6) is 6.01 Å². The van der Waals surface area contributed by atoms with E-state index in [1.165, 1.54) is 26.4 Å². The number of piperidine rings is 1. The number of hydrogen-bond donors (Lipinski definition) is 0. The van der Waals surface area contributed by atoms with E-state index in [1.807, 2.05) is 43.3 Å². The number of aryl methyl sites for hydroxylation is 1. The van der Waals surface area contributed by atoms with Crippen molar-refractivity contribution in [1.29, 1.82) is 0 Å². The van der Waals surface area contributed by atoms with Crippen molar-refractivity contribution in [3.8, 4) is 17.3 Å². The summed E-state index contributed by atoms with van der Waals surface area (Å²) in [6.07, 6.45) is 5.54. The molecule has 1 saturated carbocycles. The highest BCUT2D eigenvalue weighted by Gasteiger charge is 2.34. The fraction of sp³-hybridized carbons (Fsp3) is 0.346. The third kappa shape index (κ3) is 3.00. The number of methoxy groups -OCH3 is 1. The standard InChI is InChI=1S/C26H25FN4O/c1-15-5-3-6-18-7-4-8-19(21(15)18)23-22(27)24-20(12-28-23)25(30-26(29-24)32-2)31-13-16-9-10-17(11-16)14-31/h3-8,12,16-17H,9-11,13-14H2,1-2H3. The molecule has 2 atom stereocenters. The molecule has 2 aliphatic rings. The SMILES string of the molecule is COc1nc(N2CC3CCC(C3)C2)c2cnc(-c3cccc4cccc(C)c34)c(F)c2n1. The lowest BCUT2D eigenvalue weighted by Gasteiger charge is -2.33. The summed E-state index contributed by atoms with van der Waals surface area (Å²) < 4.78 is 21.4. The molecular formula is C26H25FN4O. The van der Waals surface area contributed by atoms with Gasteiger partial charge in [0.2, 0.25) is 0 Å². The Morgan fingerprint density at radius 1 is 1.03 bits per heavy atom. The van der Waals surface area contributed by atoms with Gasteiger partial charge in [-0.2, -0.15) is 9.97 Å². The molecule has 2 bridgehead atoms. The third-order valence-corrected chi connectivity index (χ3v) is 7.10. The van der Waals surface area contributed by atoms with Crippen LogP contribution in [0.4, 0.5) is 10.2 Å². The highest BCUT2D eigenvalue weighted by molar-refractivity contribution is 6.00. The number of rotatable bonds is 3. The second kappa shape index (κ2) is 7.40. The molecule has 0 radical (unpaired) electrons. The van der Waals surface area contributed by atoms with Crippen molar-refractivity contribution in [2.45, 2.75) is 26.2 Å². The van der Waals surface area contributed by atoms with Crippen LogP contribution in [0, 0.1) is 24.6 Å². The summed E-state index contributed by atoms with van der Waals surface area (Å²) in [7, 11) is 1.53. The van der Waals surface area contributed by atoms with Gasteiger partial charge < -0.3 is 9.64 Å². The van der Waals surface area contributed by atoms with Crippen molar-refractivity contribution < 1.29 is 9.13 Å². The summed E-state index contributed by atoms with van der Waals surface area (Å²) in [6.45, 7) is 3.92. The average Bonchev–Trinajstić information content (AvgIpc) is 3.16. The van der Waals surface area contributed by atoms with E-state index in [1.54, 1.807) is 6.20 Å². The summed E-state index contributed by atoms with van der Waals surface area (Å²) in [5, 5.41) is 2.72. The second-order valence-electron chi connectivity index (χ2n) is 9.15. The molecule has 2 fully saturated rings. The predicted octanol–water partition coefficient (Wildman–Crippen LogP) is 5.54. The minimum Gasteiger partial charge on any atom is -0.467 e. The number of anilines is 1. The number of halogens is 1. The van der Waals surface area contributed by atoms with Crippen LogP contribution in [-0.2, 0) is 0 Å². The Morgan fingerprint density at radius 3 is 2.53 bits per heavy atom. The van der Waals surface area contributed by atoms with Crippen LogP contribution >= 0.6 is 0 Å². The molecule has 1 aliphatic carbocycles. The van der Waals surface area contributed by atoms with E-state index in [-0.39, 0.29) is 11.5 Å². The number of pyridine rings is 1. The number of hydrogen-bond acceptors (Lipinski definition) is 5. The van der Waals surface area contributed by atoms with Crippen molar-refractivity contribution >= 4 is 27.5 Å². The van der Waals surface area contributed by atoms with Crippen molar-refractivity contribution in [3.63, 3.8) is 0 Å². The van der Waals surface area contributed by atoms with Gasteiger partial charge in [0.25, 0.3) is 0 Å². The zero-order valence-corrected chi connectivity index (χ0v) is 18.3. The van der Waals surface area contributed by atoms with Crippen LogP contribution < -0.4 is 9.64 Å². The summed E-state index contributed by atoms with van der Waals surface area (Å²) >= 11 is 0. The van der Waals surface area contributed by atoms with Crippen LogP contribution in [0.2, 0.25) is 0 Å². The van der Waals surface area contributed by atoms with Gasteiger partial charge in [0.15, 0.2) is 5.82 Å². The number of benzene rings is 2. The summed E-state index contributed by atoms with van der Waals surface area (Å²) in [5.41, 5.74) is 2.43. The zero-order valence-electron chi connectivity index (χ0n) is 18.3. The first-order chi connectivity index (χ1) is 15.6. The maximum atomic E-state index is 16.0. The van der Waals surface area contributed by atoms with E-state index in [2.05, 4.69) is 19.9 Å². The lowest BCUT2D eigenvalue weighted by atomic mass is 9.97. The van der Waals surface area contributed by atoms with Crippen LogP contribution in [-0.4, -0.2) is 35.2 Å². The van der Waals surface area contributed by atoms with Crippen molar-refractivity contribution in [2.75, 3.05) is 25.1 Å². The van der Waals surface area contributed by atoms with Crippen LogP contribution in [0.15, 0.2) is 42.6 Å². The first-order valence-electron chi connectivity index (χ1n) is 11.3. The van der Waals surface area contributed by atoms with Crippen molar-refractivity contribution in [2.24, 2.45) is 11.8 Å². The Kier molecular flexibility index (Phi) is 4.49. The molecule has 0 spiro atoms. The molecule has 4 aromatic rings. The van der Waals surface area contributed by atoms with Gasteiger partial charge in [-0.3, -0.25) is 4.98 Å². The lowest BCUT2D eigenvalue weighted by molar-refractivity contribution is 0.378. The fourth-order valence-corrected chi connectivity index (χ4v) is 5.65. The summed E-state index contributed by atoms with van der Waals surface area (Å²) in [5.74, 6) is 1.66. The molecule has 0 amide bonds. The number of fused-ring (bicyclic) bond motifs is 4. The Morgan fingerprint density at radius 2 is 1.78 bits per heavy atom. The van der Waals surface area contributed by atoms with Gasteiger partial charge in [0.05, 0.1) is 12.5 Å². The van der Waals surface area contributed by atoms with Gasteiger partial charge >= 0.3 is 6.01 Å². The molecule has 2 unspecified atom stereocenters. The first-order valence-corrected chi connectivity index (χ1v) is 11.3. The normalized spacial score (nSPS) is 20.3. The Labute approximate surface area is 186 Å². The van der Waals surface area contributed by atoms with E-state index in [0.29, 0.717) is 22.9 Å². The molecule has 32 heavy (non-hydrogen) atoms. The minimum atomic E-state index is -0.430. The van der Waals surface area contributed by atoms with E-state index >= 15 is 4.39 Å². The van der Waals surface area contributed by atoms with E-state index in [0.717, 1.165) is 40.8 Å². The largest absolute Gasteiger partial charge is 0.467 e. The minimum absolute atomic E-state index is 0.190. The van der Waals surface area contributed by atoms with Crippen LogP contribution in [0.25, 0.3) is 32.9 Å². The number of nitrogens with zero attached hydrogens (tertiary/aromatic N) is 4. The van der Waals surface area contributed by atoms with E-state index in [4.69, 9.17) is 4.74 Å². The lowest BCUT2D eigenvalue weighted by Crippen LogP contribution is -2.37. The van der Waals surface area contributed by atoms with E-state index < -0.39 is 5.82 Å². The molecule has 2 aromatic carbocycles. The average molecular weight is 429 g/mol. The molecule has 1 saturated heterocycles. The van der Waals surface area contributed by atoms with Gasteiger partial charge in [-0.1, -0.05) is 36.4 Å². The maximum absolute atomic E-state index is 16.0. The van der Waals surface area contributed by atoms with Gasteiger partial charge in [-0.25, -0.2) is 4.39 Å². The topological polar surface area (TPSA) is 51.1 Å². The predicted molar refractivity (Wildman–Crippen MR) is 125 cm³/mol. The highest BCUT2D eigenvalue weighted by Crippen LogP contribution is 2.41. The summed E-state index contributed by atoms with van der Waals surface area (Å²) in [4.78, 5) is 15.9. The van der Waals surface area contributed by atoms with Gasteiger partial charge in [-0.15, -0.1) is 0 Å². The molecule has 6 heteroatoms. The van der Waals surface area contributed by atoms with Gasteiger partial charge in [0, 0.05) is 24.8 Å². The Balaban J connectivity index is 1.56. The monoisotopic (exact) mass is 428 g/mol. The van der Waals surface area contributed by atoms with Crippen LogP contribution in [0.3, 0.4) is 0 Å². The fourth-order valence-electron chi connectivity index (χ4n) is 5.65. The molecular weight excluding hydrogens is 403 g/mol. The van der Waals surface area contributed by atoms with E-state index in [9.17, 15) is 0 Å². The Hall–Kier alpha value is -3.28. The second-order valence-corrected chi connectivity index (χ2v) is 9.15. The maximum Gasteiger partial charge on any atom is 0.318 e. The zero-order chi connectivity index (χ0) is 21.8. The first kappa shape index (κ1) is 19.4. The van der Waals surface area contributed by atoms with Gasteiger partial charge in [-0.05, 0) is 54.4 Å². The quantitative estimate of drug-likeness (QED) is 0.429. The molecule has 5 nitrogen and oxygen atoms in total. The molecule has 6 rings (SSSR count). The molecule has 0 N–H and O–H groups in total. The number of aromatic nitrogens is 3.